The molecule has 0 spiro atoms. The van der Waals surface area contributed by atoms with Crippen LogP contribution < -0.4 is 10.5 Å². The van der Waals surface area contributed by atoms with E-state index in [1.54, 1.807) is 6.07 Å². The molecule has 0 saturated heterocycles. The summed E-state index contributed by atoms with van der Waals surface area (Å²) in [4.78, 5) is 10.0. The van der Waals surface area contributed by atoms with Crippen LogP contribution in [0.3, 0.4) is 0 Å². The van der Waals surface area contributed by atoms with Crippen molar-refractivity contribution in [1.82, 2.24) is 0 Å². The van der Waals surface area contributed by atoms with Gasteiger partial charge in [-0.2, -0.15) is 5.26 Å². The first-order valence-corrected chi connectivity index (χ1v) is 4.09. The van der Waals surface area contributed by atoms with Crippen molar-refractivity contribution in [1.29, 1.82) is 5.26 Å². The molecule has 0 fully saturated rings. The minimum absolute atomic E-state index is 0.0333. The van der Waals surface area contributed by atoms with Crippen LogP contribution in [0.4, 0.5) is 5.69 Å². The van der Waals surface area contributed by atoms with E-state index in [1.165, 1.54) is 19.2 Å². The fraction of sp³-hybridized carbons (Fsp3) is 0.222. The van der Waals surface area contributed by atoms with Crippen LogP contribution in [-0.4, -0.2) is 12.0 Å². The lowest BCUT2D eigenvalue weighted by Gasteiger charge is -2.06. The molecule has 0 atom stereocenters. The minimum Gasteiger partial charge on any atom is -0.496 e. The molecule has 1 aromatic rings. The molecule has 0 heterocycles. The SMILES string of the molecule is COc1cc(C#N)c([N+](=O)[O-])cc1CN. The normalized spacial score (nSPS) is 9.40. The van der Waals surface area contributed by atoms with Gasteiger partial charge in [0.1, 0.15) is 17.4 Å². The predicted octanol–water partition coefficient (Wildman–Crippen LogP) is 0.934. The van der Waals surface area contributed by atoms with Crippen molar-refractivity contribution in [3.05, 3.63) is 33.4 Å². The summed E-state index contributed by atoms with van der Waals surface area (Å²) in [5.74, 6) is 0.389. The Hall–Kier alpha value is -2.13. The van der Waals surface area contributed by atoms with Gasteiger partial charge in [-0.1, -0.05) is 0 Å². The molecule has 0 unspecified atom stereocenters. The van der Waals surface area contributed by atoms with Crippen LogP contribution in [0, 0.1) is 21.4 Å². The zero-order valence-electron chi connectivity index (χ0n) is 8.06. The monoisotopic (exact) mass is 207 g/mol. The summed E-state index contributed by atoms with van der Waals surface area (Å²) in [6, 6.07) is 4.32. The Morgan fingerprint density at radius 2 is 2.33 bits per heavy atom. The highest BCUT2D eigenvalue weighted by molar-refractivity contribution is 5.55. The molecule has 78 valence electrons. The smallest absolute Gasteiger partial charge is 0.287 e. The Labute approximate surface area is 86.0 Å². The van der Waals surface area contributed by atoms with Gasteiger partial charge >= 0.3 is 0 Å². The van der Waals surface area contributed by atoms with Gasteiger partial charge < -0.3 is 10.5 Å². The van der Waals surface area contributed by atoms with Crippen LogP contribution in [0.15, 0.2) is 12.1 Å². The zero-order valence-corrected chi connectivity index (χ0v) is 8.06. The highest BCUT2D eigenvalue weighted by Gasteiger charge is 2.17. The lowest BCUT2D eigenvalue weighted by molar-refractivity contribution is -0.385. The van der Waals surface area contributed by atoms with Gasteiger partial charge in [-0.05, 0) is 0 Å². The second-order valence-corrected chi connectivity index (χ2v) is 2.75. The third kappa shape index (κ3) is 2.03. The number of hydrogen-bond donors (Lipinski definition) is 1. The van der Waals surface area contributed by atoms with Crippen LogP contribution in [-0.2, 0) is 6.54 Å². The molecular weight excluding hydrogens is 198 g/mol. The van der Waals surface area contributed by atoms with Crippen molar-refractivity contribution in [3.63, 3.8) is 0 Å². The molecule has 0 aromatic heterocycles. The summed E-state index contributed by atoms with van der Waals surface area (Å²) in [5.41, 5.74) is 5.62. The molecule has 0 aliphatic heterocycles. The summed E-state index contributed by atoms with van der Waals surface area (Å²) in [7, 11) is 1.42. The van der Waals surface area contributed by atoms with Gasteiger partial charge in [-0.3, -0.25) is 10.1 Å². The quantitative estimate of drug-likeness (QED) is 0.586. The maximum atomic E-state index is 10.6. The van der Waals surface area contributed by atoms with E-state index in [-0.39, 0.29) is 17.8 Å². The highest BCUT2D eigenvalue weighted by Crippen LogP contribution is 2.27. The average Bonchev–Trinajstić information content (AvgIpc) is 2.26. The fourth-order valence-electron chi connectivity index (χ4n) is 1.20. The number of methoxy groups -OCH3 is 1. The van der Waals surface area contributed by atoms with Crippen LogP contribution in [0.1, 0.15) is 11.1 Å². The van der Waals surface area contributed by atoms with Crippen molar-refractivity contribution in [2.45, 2.75) is 6.54 Å². The van der Waals surface area contributed by atoms with E-state index in [1.807, 2.05) is 0 Å². The maximum Gasteiger partial charge on any atom is 0.287 e. The van der Waals surface area contributed by atoms with Gasteiger partial charge in [-0.15, -0.1) is 0 Å². The Bertz CT molecular complexity index is 437. The Kier molecular flexibility index (Phi) is 3.21. The molecule has 1 aromatic carbocycles. The topological polar surface area (TPSA) is 102 Å². The highest BCUT2D eigenvalue weighted by atomic mass is 16.6. The molecule has 1 rings (SSSR count). The predicted molar refractivity (Wildman–Crippen MR) is 52.3 cm³/mol. The van der Waals surface area contributed by atoms with Crippen LogP contribution in [0.25, 0.3) is 0 Å². The molecule has 0 aliphatic carbocycles. The lowest BCUT2D eigenvalue weighted by atomic mass is 10.1. The first-order chi connectivity index (χ1) is 7.13. The lowest BCUT2D eigenvalue weighted by Crippen LogP contribution is -2.02. The van der Waals surface area contributed by atoms with Crippen molar-refractivity contribution in [2.24, 2.45) is 5.73 Å². The summed E-state index contributed by atoms with van der Waals surface area (Å²) in [6.45, 7) is 0.121. The van der Waals surface area contributed by atoms with Gasteiger partial charge in [0.2, 0.25) is 0 Å². The van der Waals surface area contributed by atoms with Crippen molar-refractivity contribution >= 4 is 5.69 Å². The van der Waals surface area contributed by atoms with E-state index in [0.29, 0.717) is 11.3 Å². The zero-order chi connectivity index (χ0) is 11.4. The van der Waals surface area contributed by atoms with Crippen molar-refractivity contribution < 1.29 is 9.66 Å². The number of hydrogen-bond acceptors (Lipinski definition) is 5. The number of nitro benzene ring substituents is 1. The van der Waals surface area contributed by atoms with Gasteiger partial charge in [-0.25, -0.2) is 0 Å². The van der Waals surface area contributed by atoms with Gasteiger partial charge in [0, 0.05) is 24.2 Å². The molecule has 0 saturated carbocycles. The molecule has 0 aliphatic rings. The van der Waals surface area contributed by atoms with E-state index < -0.39 is 4.92 Å². The standard InChI is InChI=1S/C9H9N3O3/c1-15-9-3-6(4-10)8(12(13)14)2-7(9)5-11/h2-3H,5,11H2,1H3. The molecule has 2 N–H and O–H groups in total. The summed E-state index contributed by atoms with van der Waals surface area (Å²) in [5, 5.41) is 19.3. The Balaban J connectivity index is 3.42. The largest absolute Gasteiger partial charge is 0.496 e. The molecule has 15 heavy (non-hydrogen) atoms. The fourth-order valence-corrected chi connectivity index (χ4v) is 1.20. The first kappa shape index (κ1) is 10.9. The maximum absolute atomic E-state index is 10.6. The second-order valence-electron chi connectivity index (χ2n) is 2.75. The minimum atomic E-state index is -0.614. The van der Waals surface area contributed by atoms with Gasteiger partial charge in [0.25, 0.3) is 5.69 Å². The van der Waals surface area contributed by atoms with Crippen LogP contribution in [0.5, 0.6) is 5.75 Å². The summed E-state index contributed by atoms with van der Waals surface area (Å²) >= 11 is 0. The molecule has 0 radical (unpaired) electrons. The van der Waals surface area contributed by atoms with E-state index in [0.717, 1.165) is 0 Å². The number of nitrogens with two attached hydrogens (primary N) is 1. The van der Waals surface area contributed by atoms with Gasteiger partial charge in [0.05, 0.1) is 12.0 Å². The van der Waals surface area contributed by atoms with Gasteiger partial charge in [0.15, 0.2) is 0 Å². The number of ether oxygens (including phenoxy) is 1. The number of benzene rings is 1. The number of nitriles is 1. The summed E-state index contributed by atoms with van der Waals surface area (Å²) in [6.07, 6.45) is 0. The van der Waals surface area contributed by atoms with Crippen LogP contribution in [0.2, 0.25) is 0 Å². The second kappa shape index (κ2) is 4.39. The van der Waals surface area contributed by atoms with Crippen molar-refractivity contribution in [2.75, 3.05) is 7.11 Å². The van der Waals surface area contributed by atoms with E-state index in [9.17, 15) is 10.1 Å². The number of nitro groups is 1. The molecular formula is C9H9N3O3. The molecule has 0 amide bonds. The third-order valence-electron chi connectivity index (χ3n) is 1.94. The summed E-state index contributed by atoms with van der Waals surface area (Å²) < 4.78 is 4.96. The third-order valence-corrected chi connectivity index (χ3v) is 1.94. The van der Waals surface area contributed by atoms with Crippen LogP contribution >= 0.6 is 0 Å². The first-order valence-electron chi connectivity index (χ1n) is 4.09. The average molecular weight is 207 g/mol. The number of nitrogens with zero attached hydrogens (tertiary/aromatic N) is 2. The molecule has 0 bridgehead atoms. The molecule has 6 nitrogen and oxygen atoms in total. The molecule has 6 heteroatoms. The van der Waals surface area contributed by atoms with E-state index in [4.69, 9.17) is 15.7 Å². The number of rotatable bonds is 3. The van der Waals surface area contributed by atoms with E-state index >= 15 is 0 Å². The Morgan fingerprint density at radius 1 is 1.67 bits per heavy atom. The Morgan fingerprint density at radius 3 is 2.73 bits per heavy atom. The van der Waals surface area contributed by atoms with Crippen molar-refractivity contribution in [3.8, 4) is 11.8 Å². The van der Waals surface area contributed by atoms with E-state index in [2.05, 4.69) is 0 Å².